The van der Waals surface area contributed by atoms with Crippen LogP contribution >= 0.6 is 22.7 Å². The summed E-state index contributed by atoms with van der Waals surface area (Å²) in [4.78, 5) is 7.81. The van der Waals surface area contributed by atoms with Crippen molar-refractivity contribution in [3.63, 3.8) is 0 Å². The van der Waals surface area contributed by atoms with E-state index in [-0.39, 0.29) is 5.04 Å². The monoisotopic (exact) mass is 592 g/mol. The van der Waals surface area contributed by atoms with Gasteiger partial charge in [-0.2, -0.15) is 0 Å². The maximum absolute atomic E-state index is 6.47. The Labute approximate surface area is 247 Å². The van der Waals surface area contributed by atoms with E-state index in [1.54, 1.807) is 0 Å². The van der Waals surface area contributed by atoms with Crippen molar-refractivity contribution >= 4 is 67.7 Å². The number of nitrogens with zero attached hydrogens (tertiary/aromatic N) is 6. The maximum Gasteiger partial charge on any atom is 0.231 e. The lowest BCUT2D eigenvalue weighted by Gasteiger charge is -2.42. The van der Waals surface area contributed by atoms with Crippen LogP contribution in [0.5, 0.6) is 0 Å². The van der Waals surface area contributed by atoms with Gasteiger partial charge in [-0.05, 0) is 85.9 Å². The first-order valence-corrected chi connectivity index (χ1v) is 18.4. The third kappa shape index (κ3) is 7.09. The second-order valence-corrected chi connectivity index (χ2v) is 17.8. The van der Waals surface area contributed by atoms with E-state index >= 15 is 0 Å². The Morgan fingerprint density at radius 3 is 2.05 bits per heavy atom. The molecule has 2 aromatic carbocycles. The number of benzene rings is 2. The summed E-state index contributed by atoms with van der Waals surface area (Å²) < 4.78 is 7.51. The van der Waals surface area contributed by atoms with Crippen LogP contribution in [0.2, 0.25) is 18.1 Å². The van der Waals surface area contributed by atoms with E-state index in [4.69, 9.17) is 4.43 Å². The molecule has 0 amide bonds. The lowest BCUT2D eigenvalue weighted by Crippen LogP contribution is -2.45. The van der Waals surface area contributed by atoms with Gasteiger partial charge in [0.15, 0.2) is 8.32 Å². The number of anilines is 1. The Bertz CT molecular complexity index is 1420. The fourth-order valence-corrected chi connectivity index (χ4v) is 8.27. The van der Waals surface area contributed by atoms with Crippen LogP contribution in [0, 0.1) is 5.92 Å². The fourth-order valence-electron chi connectivity index (χ4n) is 4.13. The molecule has 0 aliphatic heterocycles. The average Bonchev–Trinajstić information content (AvgIpc) is 3.50. The van der Waals surface area contributed by atoms with Gasteiger partial charge in [0.25, 0.3) is 0 Å². The zero-order chi connectivity index (χ0) is 28.9. The first-order valence-electron chi connectivity index (χ1n) is 13.8. The van der Waals surface area contributed by atoms with E-state index in [1.165, 1.54) is 28.4 Å². The molecule has 40 heavy (non-hydrogen) atoms. The van der Waals surface area contributed by atoms with Crippen molar-refractivity contribution in [1.29, 1.82) is 0 Å². The fraction of sp³-hybridized carbons (Fsp3) is 0.433. The zero-order valence-corrected chi connectivity index (χ0v) is 27.4. The maximum atomic E-state index is 6.47. The summed E-state index contributed by atoms with van der Waals surface area (Å²) in [5.41, 5.74) is 3.97. The van der Waals surface area contributed by atoms with E-state index in [2.05, 4.69) is 109 Å². The Morgan fingerprint density at radius 2 is 1.48 bits per heavy atom. The zero-order valence-electron chi connectivity index (χ0n) is 24.8. The third-order valence-corrected chi connectivity index (χ3v) is 14.6. The van der Waals surface area contributed by atoms with Gasteiger partial charge in [-0.15, -0.1) is 20.5 Å². The molecule has 2 aromatic heterocycles. The predicted molar refractivity (Wildman–Crippen MR) is 173 cm³/mol. The van der Waals surface area contributed by atoms with Crippen molar-refractivity contribution in [3.8, 4) is 0 Å². The van der Waals surface area contributed by atoms with Crippen LogP contribution in [-0.4, -0.2) is 26.4 Å². The second-order valence-electron chi connectivity index (χ2n) is 11.2. The van der Waals surface area contributed by atoms with Gasteiger partial charge in [0, 0.05) is 18.8 Å². The number of rotatable bonds is 12. The molecule has 0 spiro atoms. The standard InChI is InChI=1S/C30H40N6OS2Si/c1-9-36(10-2)25-17-15-24(16-18-25)33-35-29-31-28-26(38-29)19-27(39-28)34-32-23-13-11-22(12-14-23)20-37-40(7,8)30(5,6)21(3)4/h11-19,21H,9-10,20H2,1-8H3. The minimum Gasteiger partial charge on any atom is -0.413 e. The van der Waals surface area contributed by atoms with Gasteiger partial charge in [-0.1, -0.05) is 62.5 Å². The number of aromatic nitrogens is 1. The third-order valence-electron chi connectivity index (χ3n) is 8.09. The quantitative estimate of drug-likeness (QED) is 0.121. The Kier molecular flexibility index (Phi) is 9.66. The van der Waals surface area contributed by atoms with E-state index in [0.717, 1.165) is 44.6 Å². The number of hydrogen-bond donors (Lipinski definition) is 0. The van der Waals surface area contributed by atoms with Crippen LogP contribution in [0.25, 0.3) is 9.53 Å². The largest absolute Gasteiger partial charge is 0.413 e. The molecule has 0 bridgehead atoms. The van der Waals surface area contributed by atoms with E-state index in [1.807, 2.05) is 30.3 Å². The Hall–Kier alpha value is -2.79. The van der Waals surface area contributed by atoms with Gasteiger partial charge < -0.3 is 9.33 Å². The summed E-state index contributed by atoms with van der Waals surface area (Å²) in [6, 6.07) is 18.3. The van der Waals surface area contributed by atoms with Gasteiger partial charge in [-0.25, -0.2) is 4.98 Å². The summed E-state index contributed by atoms with van der Waals surface area (Å²) in [6.07, 6.45) is 0. The number of azo groups is 2. The normalized spacial score (nSPS) is 12.9. The van der Waals surface area contributed by atoms with Crippen molar-refractivity contribution < 1.29 is 4.43 Å². The molecule has 0 saturated carbocycles. The molecular formula is C30H40N6OS2Si. The van der Waals surface area contributed by atoms with Crippen molar-refractivity contribution in [2.45, 2.75) is 66.3 Å². The lowest BCUT2D eigenvalue weighted by atomic mass is 9.99. The topological polar surface area (TPSA) is 74.8 Å². The molecule has 0 saturated heterocycles. The molecule has 0 radical (unpaired) electrons. The molecule has 0 atom stereocenters. The second kappa shape index (κ2) is 12.8. The van der Waals surface area contributed by atoms with E-state index < -0.39 is 8.32 Å². The number of thiazole rings is 1. The Morgan fingerprint density at radius 1 is 0.875 bits per heavy atom. The summed E-state index contributed by atoms with van der Waals surface area (Å²) >= 11 is 3.01. The highest BCUT2D eigenvalue weighted by molar-refractivity contribution is 7.30. The predicted octanol–water partition coefficient (Wildman–Crippen LogP) is 11.2. The van der Waals surface area contributed by atoms with Gasteiger partial charge >= 0.3 is 0 Å². The highest BCUT2D eigenvalue weighted by Crippen LogP contribution is 2.45. The molecule has 7 nitrogen and oxygen atoms in total. The Balaban J connectivity index is 1.34. The summed E-state index contributed by atoms with van der Waals surface area (Å²) in [6.45, 7) is 20.7. The van der Waals surface area contributed by atoms with Crippen molar-refractivity contribution in [3.05, 3.63) is 60.2 Å². The highest BCUT2D eigenvalue weighted by Gasteiger charge is 2.43. The molecule has 0 N–H and O–H groups in total. The average molecular weight is 593 g/mol. The number of fused-ring (bicyclic) bond motifs is 1. The van der Waals surface area contributed by atoms with Crippen molar-refractivity contribution in [2.24, 2.45) is 26.4 Å². The SMILES string of the molecule is CCN(CC)c1ccc(N=Nc2nc3sc(N=Nc4ccc(CO[Si](C)(C)C(C)(C)C(C)C)cc4)cc3s2)cc1. The minimum absolute atomic E-state index is 0.200. The molecular weight excluding hydrogens is 553 g/mol. The molecule has 0 unspecified atom stereocenters. The van der Waals surface area contributed by atoms with Crippen LogP contribution in [0.4, 0.5) is 27.2 Å². The molecule has 2 heterocycles. The summed E-state index contributed by atoms with van der Waals surface area (Å²) in [5.74, 6) is 0.580. The first-order chi connectivity index (χ1) is 19.0. The van der Waals surface area contributed by atoms with Crippen LogP contribution in [-0.2, 0) is 11.0 Å². The molecule has 212 valence electrons. The smallest absolute Gasteiger partial charge is 0.231 e. The first kappa shape index (κ1) is 30.2. The van der Waals surface area contributed by atoms with Crippen LogP contribution < -0.4 is 4.90 Å². The van der Waals surface area contributed by atoms with Gasteiger partial charge in [0.1, 0.15) is 9.83 Å². The number of hydrogen-bond acceptors (Lipinski definition) is 9. The van der Waals surface area contributed by atoms with Gasteiger partial charge in [0.05, 0.1) is 22.7 Å². The highest BCUT2D eigenvalue weighted by atomic mass is 32.1. The van der Waals surface area contributed by atoms with Gasteiger partial charge in [-0.3, -0.25) is 0 Å². The van der Waals surface area contributed by atoms with Crippen molar-refractivity contribution in [1.82, 2.24) is 4.98 Å². The summed E-state index contributed by atoms with van der Waals surface area (Å²) in [5, 5.41) is 19.2. The van der Waals surface area contributed by atoms with E-state index in [0.29, 0.717) is 17.7 Å². The van der Waals surface area contributed by atoms with Crippen LogP contribution in [0.1, 0.15) is 47.1 Å². The molecule has 0 fully saturated rings. The van der Waals surface area contributed by atoms with Gasteiger partial charge in [0.2, 0.25) is 5.13 Å². The molecule has 0 aliphatic rings. The van der Waals surface area contributed by atoms with Crippen LogP contribution in [0.3, 0.4) is 0 Å². The lowest BCUT2D eigenvalue weighted by molar-refractivity contribution is 0.256. The molecule has 10 heteroatoms. The van der Waals surface area contributed by atoms with Crippen molar-refractivity contribution in [2.75, 3.05) is 18.0 Å². The molecule has 4 aromatic rings. The van der Waals surface area contributed by atoms with E-state index in [9.17, 15) is 0 Å². The number of thiophene rings is 1. The summed E-state index contributed by atoms with van der Waals surface area (Å²) in [7, 11) is -1.85. The molecule has 4 rings (SSSR count). The minimum atomic E-state index is -1.85. The molecule has 0 aliphatic carbocycles. The van der Waals surface area contributed by atoms with Crippen LogP contribution in [0.15, 0.2) is 75.1 Å².